The molecule has 0 radical (unpaired) electrons. The summed E-state index contributed by atoms with van der Waals surface area (Å²) in [5.74, 6) is -1.06. The van der Waals surface area contributed by atoms with Gasteiger partial charge in [0.2, 0.25) is 5.78 Å². The van der Waals surface area contributed by atoms with Gasteiger partial charge in [0, 0.05) is 5.56 Å². The van der Waals surface area contributed by atoms with Crippen LogP contribution in [0.4, 0.5) is 14.9 Å². The molecule has 1 heterocycles. The number of nitrogens with one attached hydrogen (secondary N) is 1. The average molecular weight is 380 g/mol. The zero-order valence-corrected chi connectivity index (χ0v) is 14.8. The highest BCUT2D eigenvalue weighted by molar-refractivity contribution is 6.03. The standard InChI is InChI=1S/C21H17FN2O4/c22-16-8-6-15(7-9-16)17-10-11-18(20(23-17)19(26)12-25)24-21(27)28-13-14-4-2-1-3-5-14/h1-11,25H,12-13H2,(H,24,27). The van der Waals surface area contributed by atoms with E-state index in [1.165, 1.54) is 30.3 Å². The second-order valence-corrected chi connectivity index (χ2v) is 5.87. The summed E-state index contributed by atoms with van der Waals surface area (Å²) >= 11 is 0. The average Bonchev–Trinajstić information content (AvgIpc) is 2.73. The Morgan fingerprint density at radius 2 is 1.71 bits per heavy atom. The van der Waals surface area contributed by atoms with Gasteiger partial charge in [0.1, 0.15) is 24.7 Å². The molecule has 0 atom stereocenters. The number of nitrogens with zero attached hydrogens (tertiary/aromatic N) is 1. The van der Waals surface area contributed by atoms with E-state index in [4.69, 9.17) is 4.74 Å². The van der Waals surface area contributed by atoms with Crippen molar-refractivity contribution in [2.45, 2.75) is 6.61 Å². The van der Waals surface area contributed by atoms with Crippen LogP contribution in [0.25, 0.3) is 11.3 Å². The maximum Gasteiger partial charge on any atom is 0.412 e. The van der Waals surface area contributed by atoms with Gasteiger partial charge in [-0.15, -0.1) is 0 Å². The fraction of sp³-hybridized carbons (Fsp3) is 0.0952. The second kappa shape index (κ2) is 8.88. The molecule has 1 aromatic heterocycles. The monoisotopic (exact) mass is 380 g/mol. The number of aliphatic hydroxyl groups is 1. The number of halogens is 1. The van der Waals surface area contributed by atoms with Gasteiger partial charge < -0.3 is 9.84 Å². The number of hydrogen-bond donors (Lipinski definition) is 2. The van der Waals surface area contributed by atoms with Crippen molar-refractivity contribution < 1.29 is 23.8 Å². The Morgan fingerprint density at radius 3 is 2.39 bits per heavy atom. The minimum atomic E-state index is -0.770. The Morgan fingerprint density at radius 1 is 1.00 bits per heavy atom. The molecule has 6 nitrogen and oxygen atoms in total. The summed E-state index contributed by atoms with van der Waals surface area (Å²) in [5.41, 5.74) is 1.81. The van der Waals surface area contributed by atoms with Crippen LogP contribution in [0.3, 0.4) is 0 Å². The minimum absolute atomic E-state index is 0.0665. The lowest BCUT2D eigenvalue weighted by Crippen LogP contribution is -2.18. The van der Waals surface area contributed by atoms with E-state index in [0.717, 1.165) is 5.56 Å². The number of ether oxygens (including phenoxy) is 1. The van der Waals surface area contributed by atoms with Crippen LogP contribution >= 0.6 is 0 Å². The molecule has 2 N–H and O–H groups in total. The van der Waals surface area contributed by atoms with E-state index in [1.54, 1.807) is 6.07 Å². The molecule has 3 rings (SSSR count). The maximum atomic E-state index is 13.1. The first-order valence-corrected chi connectivity index (χ1v) is 8.45. The number of Topliss-reactive ketones (excluding diaryl/α,β-unsaturated/α-hetero) is 1. The number of benzene rings is 2. The third-order valence-electron chi connectivity index (χ3n) is 3.89. The van der Waals surface area contributed by atoms with Gasteiger partial charge in [-0.3, -0.25) is 10.1 Å². The van der Waals surface area contributed by atoms with Gasteiger partial charge in [-0.1, -0.05) is 30.3 Å². The normalized spacial score (nSPS) is 10.4. The van der Waals surface area contributed by atoms with Crippen molar-refractivity contribution in [3.63, 3.8) is 0 Å². The Hall–Kier alpha value is -3.58. The molecular formula is C21H17FN2O4. The first-order valence-electron chi connectivity index (χ1n) is 8.45. The largest absolute Gasteiger partial charge is 0.444 e. The smallest absolute Gasteiger partial charge is 0.412 e. The third kappa shape index (κ3) is 4.77. The number of anilines is 1. The Balaban J connectivity index is 1.78. The highest BCUT2D eigenvalue weighted by Crippen LogP contribution is 2.23. The molecule has 2 aromatic carbocycles. The molecule has 0 aliphatic heterocycles. The highest BCUT2D eigenvalue weighted by Gasteiger charge is 2.17. The molecule has 0 unspecified atom stereocenters. The quantitative estimate of drug-likeness (QED) is 0.635. The van der Waals surface area contributed by atoms with Crippen molar-refractivity contribution in [3.8, 4) is 11.3 Å². The molecule has 0 aliphatic carbocycles. The molecule has 0 aliphatic rings. The number of aliphatic hydroxyl groups excluding tert-OH is 1. The maximum absolute atomic E-state index is 13.1. The van der Waals surface area contributed by atoms with E-state index >= 15 is 0 Å². The van der Waals surface area contributed by atoms with Crippen LogP contribution in [0.5, 0.6) is 0 Å². The second-order valence-electron chi connectivity index (χ2n) is 5.87. The Kier molecular flexibility index (Phi) is 6.08. The minimum Gasteiger partial charge on any atom is -0.444 e. The summed E-state index contributed by atoms with van der Waals surface area (Å²) in [4.78, 5) is 28.3. The van der Waals surface area contributed by atoms with Crippen LogP contribution in [0.15, 0.2) is 66.7 Å². The van der Waals surface area contributed by atoms with Crippen LogP contribution in [-0.2, 0) is 11.3 Å². The summed E-state index contributed by atoms with van der Waals surface area (Å²) in [6.45, 7) is -0.704. The van der Waals surface area contributed by atoms with Crippen LogP contribution < -0.4 is 5.32 Å². The third-order valence-corrected chi connectivity index (χ3v) is 3.89. The fourth-order valence-corrected chi connectivity index (χ4v) is 2.50. The summed E-state index contributed by atoms with van der Waals surface area (Å²) in [5, 5.41) is 11.7. The molecule has 0 bridgehead atoms. The van der Waals surface area contributed by atoms with Gasteiger partial charge in [0.05, 0.1) is 11.4 Å². The van der Waals surface area contributed by atoms with Crippen LogP contribution in [0, 0.1) is 5.82 Å². The van der Waals surface area contributed by atoms with Gasteiger partial charge in [0.25, 0.3) is 0 Å². The van der Waals surface area contributed by atoms with Crippen LogP contribution in [0.1, 0.15) is 16.1 Å². The van der Waals surface area contributed by atoms with E-state index in [-0.39, 0.29) is 18.0 Å². The molecule has 0 saturated heterocycles. The molecule has 142 valence electrons. The Labute approximate surface area is 160 Å². The predicted molar refractivity (Wildman–Crippen MR) is 101 cm³/mol. The number of amides is 1. The van der Waals surface area contributed by atoms with E-state index in [0.29, 0.717) is 11.3 Å². The van der Waals surface area contributed by atoms with E-state index in [9.17, 15) is 19.1 Å². The van der Waals surface area contributed by atoms with Crippen molar-refractivity contribution in [3.05, 3.63) is 83.8 Å². The summed E-state index contributed by atoms with van der Waals surface area (Å²) in [7, 11) is 0. The molecular weight excluding hydrogens is 363 g/mol. The van der Waals surface area contributed by atoms with Crippen molar-refractivity contribution >= 4 is 17.6 Å². The number of rotatable bonds is 6. The van der Waals surface area contributed by atoms with E-state index in [1.807, 2.05) is 30.3 Å². The van der Waals surface area contributed by atoms with Gasteiger partial charge in [-0.25, -0.2) is 14.2 Å². The summed E-state index contributed by atoms with van der Waals surface area (Å²) in [6, 6.07) is 17.8. The number of aromatic nitrogens is 1. The summed E-state index contributed by atoms with van der Waals surface area (Å²) in [6.07, 6.45) is -0.757. The van der Waals surface area contributed by atoms with Crippen LogP contribution in [-0.4, -0.2) is 28.6 Å². The van der Waals surface area contributed by atoms with Crippen molar-refractivity contribution in [1.82, 2.24) is 4.98 Å². The van der Waals surface area contributed by atoms with Crippen molar-refractivity contribution in [2.24, 2.45) is 0 Å². The molecule has 1 amide bonds. The number of pyridine rings is 1. The van der Waals surface area contributed by atoms with Gasteiger partial charge in [-0.05, 0) is 42.0 Å². The molecule has 3 aromatic rings. The highest BCUT2D eigenvalue weighted by atomic mass is 19.1. The van der Waals surface area contributed by atoms with Gasteiger partial charge in [0.15, 0.2) is 0 Å². The number of hydrogen-bond acceptors (Lipinski definition) is 5. The van der Waals surface area contributed by atoms with Gasteiger partial charge in [-0.2, -0.15) is 0 Å². The lowest BCUT2D eigenvalue weighted by atomic mass is 10.1. The lowest BCUT2D eigenvalue weighted by molar-refractivity contribution is 0.0899. The first-order chi connectivity index (χ1) is 13.6. The zero-order chi connectivity index (χ0) is 19.9. The first kappa shape index (κ1) is 19.2. The molecule has 28 heavy (non-hydrogen) atoms. The predicted octanol–water partition coefficient (Wildman–Crippen LogP) is 3.81. The van der Waals surface area contributed by atoms with E-state index < -0.39 is 24.3 Å². The van der Waals surface area contributed by atoms with Crippen molar-refractivity contribution in [2.75, 3.05) is 11.9 Å². The van der Waals surface area contributed by atoms with Crippen LogP contribution in [0.2, 0.25) is 0 Å². The topological polar surface area (TPSA) is 88.5 Å². The number of ketones is 1. The molecule has 0 saturated carbocycles. The molecule has 7 heteroatoms. The fourth-order valence-electron chi connectivity index (χ4n) is 2.50. The molecule has 0 fully saturated rings. The number of carbonyl (C=O) groups is 2. The Bertz CT molecular complexity index is 975. The zero-order valence-electron chi connectivity index (χ0n) is 14.8. The number of carbonyl (C=O) groups excluding carboxylic acids is 2. The SMILES string of the molecule is O=C(Nc1ccc(-c2ccc(F)cc2)nc1C(=O)CO)OCc1ccccc1. The van der Waals surface area contributed by atoms with E-state index in [2.05, 4.69) is 10.3 Å². The summed E-state index contributed by atoms with van der Waals surface area (Å²) < 4.78 is 18.2. The van der Waals surface area contributed by atoms with Crippen molar-refractivity contribution in [1.29, 1.82) is 0 Å². The molecule has 0 spiro atoms. The lowest BCUT2D eigenvalue weighted by Gasteiger charge is -2.11. The van der Waals surface area contributed by atoms with Gasteiger partial charge >= 0.3 is 6.09 Å².